The molecule has 1 aliphatic rings. The van der Waals surface area contributed by atoms with Crippen LogP contribution in [-0.4, -0.2) is 31.5 Å². The zero-order valence-corrected chi connectivity index (χ0v) is 16.3. The van der Waals surface area contributed by atoms with Gasteiger partial charge in [-0.3, -0.25) is 4.79 Å². The molecule has 2 aromatic carbocycles. The minimum atomic E-state index is -0.715. The molecule has 0 aromatic heterocycles. The lowest BCUT2D eigenvalue weighted by molar-refractivity contribution is -0.147. The highest BCUT2D eigenvalue weighted by atomic mass is 32.2. The van der Waals surface area contributed by atoms with E-state index >= 15 is 0 Å². The molecule has 0 bridgehead atoms. The lowest BCUT2D eigenvalue weighted by Gasteiger charge is -2.33. The van der Waals surface area contributed by atoms with Gasteiger partial charge in [-0.05, 0) is 29.8 Å². The highest BCUT2D eigenvalue weighted by Crippen LogP contribution is 2.31. The van der Waals surface area contributed by atoms with Crippen LogP contribution in [0.2, 0.25) is 0 Å². The van der Waals surface area contributed by atoms with Crippen molar-refractivity contribution >= 4 is 23.8 Å². The molecular weight excluding hydrogens is 376 g/mol. The highest BCUT2D eigenvalue weighted by Gasteiger charge is 2.38. The van der Waals surface area contributed by atoms with Gasteiger partial charge in [0.1, 0.15) is 18.3 Å². The lowest BCUT2D eigenvalue weighted by atomic mass is 9.89. The van der Waals surface area contributed by atoms with E-state index in [1.54, 1.807) is 31.0 Å². The van der Waals surface area contributed by atoms with Crippen LogP contribution in [0.5, 0.6) is 5.75 Å². The minimum absolute atomic E-state index is 0.269. The molecule has 146 valence electrons. The van der Waals surface area contributed by atoms with Crippen molar-refractivity contribution in [1.82, 2.24) is 10.6 Å². The van der Waals surface area contributed by atoms with Gasteiger partial charge in [0.15, 0.2) is 0 Å². The summed E-state index contributed by atoms with van der Waals surface area (Å²) in [5.74, 6) is 0.196. The Morgan fingerprint density at radius 2 is 1.86 bits per heavy atom. The Labute approximate surface area is 168 Å². The van der Waals surface area contributed by atoms with Crippen molar-refractivity contribution in [3.63, 3.8) is 0 Å². The zero-order valence-electron chi connectivity index (χ0n) is 15.5. The summed E-state index contributed by atoms with van der Waals surface area (Å²) in [6.07, 6.45) is 0. The van der Waals surface area contributed by atoms with Crippen LogP contribution in [-0.2, 0) is 9.53 Å². The molecule has 7 heteroatoms. The molecule has 1 saturated heterocycles. The molecule has 0 aliphatic carbocycles. The summed E-state index contributed by atoms with van der Waals surface area (Å²) in [5.41, 5.74) is 1.10. The van der Waals surface area contributed by atoms with Crippen molar-refractivity contribution < 1.29 is 19.1 Å². The number of esters is 1. The molecular formula is C21H22N2O4S. The molecule has 1 aliphatic heterocycles. The van der Waals surface area contributed by atoms with E-state index < -0.39 is 24.0 Å². The van der Waals surface area contributed by atoms with Crippen molar-refractivity contribution in [2.45, 2.75) is 10.9 Å². The van der Waals surface area contributed by atoms with Gasteiger partial charge in [0, 0.05) is 16.3 Å². The average Bonchev–Trinajstić information content (AvgIpc) is 2.71. The van der Waals surface area contributed by atoms with Crippen molar-refractivity contribution in [2.75, 3.05) is 19.5 Å². The Bertz CT molecular complexity index is 839. The molecule has 0 spiro atoms. The monoisotopic (exact) mass is 398 g/mol. The molecule has 2 amide bonds. The van der Waals surface area contributed by atoms with Crippen LogP contribution < -0.4 is 15.4 Å². The normalized spacial score (nSPS) is 18.8. The van der Waals surface area contributed by atoms with Crippen molar-refractivity contribution in [3.8, 4) is 5.75 Å². The van der Waals surface area contributed by atoms with Crippen molar-refractivity contribution in [2.24, 2.45) is 5.92 Å². The Balaban J connectivity index is 1.64. The third-order valence-electron chi connectivity index (χ3n) is 4.34. The number of hydrogen-bond acceptors (Lipinski definition) is 5. The van der Waals surface area contributed by atoms with Gasteiger partial charge < -0.3 is 20.1 Å². The Hall–Kier alpha value is -2.93. The lowest BCUT2D eigenvalue weighted by Crippen LogP contribution is -2.51. The quantitative estimate of drug-likeness (QED) is 0.424. The maximum absolute atomic E-state index is 12.7. The smallest absolute Gasteiger partial charge is 0.319 e. The van der Waals surface area contributed by atoms with E-state index in [-0.39, 0.29) is 6.61 Å². The number of hydrogen-bond donors (Lipinski definition) is 2. The van der Waals surface area contributed by atoms with E-state index in [0.29, 0.717) is 17.2 Å². The number of thioether (sulfide) groups is 1. The minimum Gasteiger partial charge on any atom is -0.497 e. The molecule has 3 rings (SSSR count). The van der Waals surface area contributed by atoms with Crippen LogP contribution in [0, 0.1) is 5.92 Å². The topological polar surface area (TPSA) is 76.7 Å². The molecule has 1 fully saturated rings. The number of benzene rings is 2. The summed E-state index contributed by atoms with van der Waals surface area (Å²) in [7, 11) is 1.58. The van der Waals surface area contributed by atoms with Crippen molar-refractivity contribution in [3.05, 3.63) is 72.4 Å². The maximum atomic E-state index is 12.7. The van der Waals surface area contributed by atoms with E-state index in [4.69, 9.17) is 9.47 Å². The fourth-order valence-electron chi connectivity index (χ4n) is 2.96. The van der Waals surface area contributed by atoms with Crippen LogP contribution in [0.25, 0.3) is 0 Å². The number of carbonyl (C=O) groups is 2. The van der Waals surface area contributed by atoms with Gasteiger partial charge in [0.25, 0.3) is 0 Å². The van der Waals surface area contributed by atoms with E-state index in [0.717, 1.165) is 10.5 Å². The van der Waals surface area contributed by atoms with Crippen LogP contribution in [0.1, 0.15) is 11.6 Å². The van der Waals surface area contributed by atoms with Gasteiger partial charge in [0.2, 0.25) is 0 Å². The van der Waals surface area contributed by atoms with Crippen LogP contribution in [0.3, 0.4) is 0 Å². The standard InChI is InChI=1S/C21H22N2O4S/c1-14-18(20(24)27-12-13-28-17-6-4-3-5-7-17)19(23-21(25)22-14)15-8-10-16(26-2)11-9-15/h3-11,18-19H,1,12-13H2,2H3,(H2,22,23,25)/t18-,19-/m0/s1. The number of amides is 2. The second-order valence-electron chi connectivity index (χ2n) is 6.18. The first kappa shape index (κ1) is 19.8. The second-order valence-corrected chi connectivity index (χ2v) is 7.35. The first-order valence-electron chi connectivity index (χ1n) is 8.83. The molecule has 1 heterocycles. The van der Waals surface area contributed by atoms with Crippen molar-refractivity contribution in [1.29, 1.82) is 0 Å². The van der Waals surface area contributed by atoms with Crippen LogP contribution in [0.4, 0.5) is 4.79 Å². The number of urea groups is 1. The number of nitrogens with one attached hydrogen (secondary N) is 2. The van der Waals surface area contributed by atoms with E-state index in [9.17, 15) is 9.59 Å². The summed E-state index contributed by atoms with van der Waals surface area (Å²) in [6.45, 7) is 4.12. The fourth-order valence-corrected chi connectivity index (χ4v) is 3.71. The summed E-state index contributed by atoms with van der Waals surface area (Å²) in [5, 5.41) is 5.36. The molecule has 0 unspecified atom stereocenters. The average molecular weight is 398 g/mol. The third kappa shape index (κ3) is 4.86. The van der Waals surface area contributed by atoms with E-state index in [2.05, 4.69) is 17.2 Å². The molecule has 28 heavy (non-hydrogen) atoms. The van der Waals surface area contributed by atoms with E-state index in [1.165, 1.54) is 0 Å². The number of carbonyl (C=O) groups excluding carboxylic acids is 2. The summed E-state index contributed by atoms with van der Waals surface area (Å²) >= 11 is 1.61. The molecule has 2 atom stereocenters. The fraction of sp³-hybridized carbons (Fsp3) is 0.238. The SMILES string of the molecule is C=C1NC(=O)N[C@@H](c2ccc(OC)cc2)[C@H]1C(=O)OCCSc1ccccc1. The Morgan fingerprint density at radius 1 is 1.14 bits per heavy atom. The van der Waals surface area contributed by atoms with Gasteiger partial charge in [0.05, 0.1) is 13.2 Å². The van der Waals surface area contributed by atoms with E-state index in [1.807, 2.05) is 42.5 Å². The largest absolute Gasteiger partial charge is 0.497 e. The maximum Gasteiger partial charge on any atom is 0.319 e. The molecule has 0 saturated carbocycles. The van der Waals surface area contributed by atoms with Gasteiger partial charge >= 0.3 is 12.0 Å². The molecule has 0 radical (unpaired) electrons. The highest BCUT2D eigenvalue weighted by molar-refractivity contribution is 7.99. The summed E-state index contributed by atoms with van der Waals surface area (Å²) < 4.78 is 10.6. The summed E-state index contributed by atoms with van der Waals surface area (Å²) in [4.78, 5) is 25.7. The third-order valence-corrected chi connectivity index (χ3v) is 5.31. The second kappa shape index (κ2) is 9.32. The predicted octanol–water partition coefficient (Wildman–Crippen LogP) is 3.51. The van der Waals surface area contributed by atoms with Gasteiger partial charge in [-0.15, -0.1) is 11.8 Å². The predicted molar refractivity (Wildman–Crippen MR) is 108 cm³/mol. The van der Waals surface area contributed by atoms with Gasteiger partial charge in [-0.25, -0.2) is 4.79 Å². The molecule has 2 N–H and O–H groups in total. The first-order chi connectivity index (χ1) is 13.6. The van der Waals surface area contributed by atoms with Gasteiger partial charge in [-0.2, -0.15) is 0 Å². The number of rotatable bonds is 7. The Kier molecular flexibility index (Phi) is 6.60. The van der Waals surface area contributed by atoms with Crippen LogP contribution in [0.15, 0.2) is 71.8 Å². The number of methoxy groups -OCH3 is 1. The number of ether oxygens (including phenoxy) is 2. The van der Waals surface area contributed by atoms with Crippen LogP contribution >= 0.6 is 11.8 Å². The molecule has 6 nitrogen and oxygen atoms in total. The first-order valence-corrected chi connectivity index (χ1v) is 9.82. The zero-order chi connectivity index (χ0) is 19.9. The molecule has 2 aromatic rings. The Morgan fingerprint density at radius 3 is 2.54 bits per heavy atom. The summed E-state index contributed by atoms with van der Waals surface area (Å²) in [6, 6.07) is 16.2. The van der Waals surface area contributed by atoms with Gasteiger partial charge in [-0.1, -0.05) is 36.9 Å².